The first-order chi connectivity index (χ1) is 9.68. The number of piperidine rings is 1. The molecule has 110 valence electrons. The van der Waals surface area contributed by atoms with Gasteiger partial charge in [0.15, 0.2) is 0 Å². The number of hydrogen-bond acceptors (Lipinski definition) is 2. The number of carbonyl (C=O) groups excluding carboxylic acids is 1. The number of amides is 1. The smallest absolute Gasteiger partial charge is 0.414 e. The first kappa shape index (κ1) is 13.7. The lowest BCUT2D eigenvalue weighted by Gasteiger charge is -2.32. The first-order valence-corrected chi connectivity index (χ1v) is 8.04. The summed E-state index contributed by atoms with van der Waals surface area (Å²) in [5.41, 5.74) is 2.58. The van der Waals surface area contributed by atoms with Crippen molar-refractivity contribution in [1.29, 1.82) is 0 Å². The van der Waals surface area contributed by atoms with Gasteiger partial charge in [-0.15, -0.1) is 0 Å². The molecule has 0 N–H and O–H groups in total. The summed E-state index contributed by atoms with van der Waals surface area (Å²) in [5, 5.41) is 0. The minimum atomic E-state index is -0.171. The molecule has 20 heavy (non-hydrogen) atoms. The van der Waals surface area contributed by atoms with Gasteiger partial charge in [-0.05, 0) is 70.3 Å². The first-order valence-electron chi connectivity index (χ1n) is 8.04. The maximum atomic E-state index is 12.4. The fraction of sp³-hybridized carbons (Fsp3) is 0.706. The van der Waals surface area contributed by atoms with Crippen molar-refractivity contribution in [2.75, 3.05) is 6.54 Å². The summed E-state index contributed by atoms with van der Waals surface area (Å²) in [6.45, 7) is 2.87. The van der Waals surface area contributed by atoms with E-state index in [2.05, 4.69) is 12.2 Å². The van der Waals surface area contributed by atoms with Crippen molar-refractivity contribution in [3.63, 3.8) is 0 Å². The minimum absolute atomic E-state index is 0.107. The third-order valence-electron chi connectivity index (χ3n) is 4.68. The molecule has 0 spiro atoms. The predicted molar refractivity (Wildman–Crippen MR) is 79.3 cm³/mol. The summed E-state index contributed by atoms with van der Waals surface area (Å²) in [4.78, 5) is 14.4. The highest BCUT2D eigenvalue weighted by Crippen LogP contribution is 2.40. The predicted octanol–water partition coefficient (Wildman–Crippen LogP) is 4.55. The molecule has 0 aromatic rings. The third kappa shape index (κ3) is 3.08. The molecule has 3 nitrogen and oxygen atoms in total. The summed E-state index contributed by atoms with van der Waals surface area (Å²) in [6.07, 6.45) is 14.2. The number of carbonyl (C=O) groups is 1. The lowest BCUT2D eigenvalue weighted by atomic mass is 9.97. The fourth-order valence-corrected chi connectivity index (χ4v) is 3.11. The van der Waals surface area contributed by atoms with Crippen molar-refractivity contribution in [3.05, 3.63) is 23.4 Å². The topological polar surface area (TPSA) is 29.5 Å². The third-order valence-corrected chi connectivity index (χ3v) is 4.68. The van der Waals surface area contributed by atoms with Crippen LogP contribution in [-0.4, -0.2) is 23.1 Å². The molecule has 1 heterocycles. The van der Waals surface area contributed by atoms with E-state index in [9.17, 15) is 4.79 Å². The van der Waals surface area contributed by atoms with Crippen LogP contribution in [0.3, 0.4) is 0 Å². The Balaban J connectivity index is 1.75. The average Bonchev–Trinajstić information content (AvgIpc) is 3.22. The zero-order chi connectivity index (χ0) is 14.0. The quantitative estimate of drug-likeness (QED) is 0.657. The molecule has 1 aliphatic heterocycles. The molecule has 2 fully saturated rings. The Hall–Kier alpha value is -1.25. The molecule has 1 saturated heterocycles. The highest BCUT2D eigenvalue weighted by molar-refractivity contribution is 5.71. The standard InChI is InChI=1S/C17H25NO2/c1-17(11-12-17)20-16(19)18-13-7-6-10-15(18)14-8-4-2-3-5-9-14/h2-3H,4-13H2,1H3. The van der Waals surface area contributed by atoms with Crippen LogP contribution >= 0.6 is 0 Å². The van der Waals surface area contributed by atoms with Crippen LogP contribution in [0.5, 0.6) is 0 Å². The van der Waals surface area contributed by atoms with Gasteiger partial charge < -0.3 is 4.74 Å². The SMILES string of the molecule is CC1(OC(=O)N2CCCCC2=C2CCC=CCC2)CC1. The Kier molecular flexibility index (Phi) is 3.86. The van der Waals surface area contributed by atoms with Crippen LogP contribution in [0.15, 0.2) is 23.4 Å². The second-order valence-electron chi connectivity index (χ2n) is 6.53. The van der Waals surface area contributed by atoms with Gasteiger partial charge in [0.1, 0.15) is 5.60 Å². The van der Waals surface area contributed by atoms with E-state index in [-0.39, 0.29) is 11.7 Å². The molecule has 0 atom stereocenters. The molecule has 3 rings (SSSR count). The number of allylic oxidation sites excluding steroid dienone is 4. The highest BCUT2D eigenvalue weighted by atomic mass is 16.6. The largest absolute Gasteiger partial charge is 0.443 e. The van der Waals surface area contributed by atoms with E-state index in [0.29, 0.717) is 0 Å². The molecule has 2 aliphatic carbocycles. The number of ether oxygens (including phenoxy) is 1. The zero-order valence-electron chi connectivity index (χ0n) is 12.5. The second-order valence-corrected chi connectivity index (χ2v) is 6.53. The normalized spacial score (nSPS) is 25.4. The van der Waals surface area contributed by atoms with Gasteiger partial charge in [-0.25, -0.2) is 4.79 Å². The highest BCUT2D eigenvalue weighted by Gasteiger charge is 2.43. The molecule has 3 aliphatic rings. The van der Waals surface area contributed by atoms with Gasteiger partial charge in [-0.2, -0.15) is 0 Å². The molecular weight excluding hydrogens is 250 g/mol. The lowest BCUT2D eigenvalue weighted by Crippen LogP contribution is -2.37. The molecule has 1 amide bonds. The summed E-state index contributed by atoms with van der Waals surface area (Å²) < 4.78 is 5.68. The van der Waals surface area contributed by atoms with E-state index in [0.717, 1.165) is 57.9 Å². The molecular formula is C17H25NO2. The van der Waals surface area contributed by atoms with Crippen LogP contribution in [0.1, 0.15) is 64.7 Å². The van der Waals surface area contributed by atoms with Crippen LogP contribution < -0.4 is 0 Å². The van der Waals surface area contributed by atoms with Gasteiger partial charge in [0.25, 0.3) is 0 Å². The maximum Gasteiger partial charge on any atom is 0.414 e. The molecule has 0 radical (unpaired) electrons. The molecule has 1 saturated carbocycles. The van der Waals surface area contributed by atoms with Crippen LogP contribution in [0.4, 0.5) is 4.79 Å². The minimum Gasteiger partial charge on any atom is -0.443 e. The number of hydrogen-bond donors (Lipinski definition) is 0. The Bertz CT molecular complexity index is 434. The molecule has 0 bridgehead atoms. The lowest BCUT2D eigenvalue weighted by molar-refractivity contribution is 0.0625. The van der Waals surface area contributed by atoms with E-state index < -0.39 is 0 Å². The van der Waals surface area contributed by atoms with Gasteiger partial charge >= 0.3 is 6.09 Å². The van der Waals surface area contributed by atoms with Gasteiger partial charge in [0.2, 0.25) is 0 Å². The van der Waals surface area contributed by atoms with Crippen LogP contribution in [-0.2, 0) is 4.74 Å². The number of rotatable bonds is 1. The van der Waals surface area contributed by atoms with E-state index in [4.69, 9.17) is 4.74 Å². The molecule has 0 aromatic heterocycles. The summed E-state index contributed by atoms with van der Waals surface area (Å²) in [5.74, 6) is 0. The van der Waals surface area contributed by atoms with Gasteiger partial charge in [0.05, 0.1) is 0 Å². The van der Waals surface area contributed by atoms with E-state index in [1.165, 1.54) is 17.7 Å². The Labute approximate surface area is 121 Å². The summed E-state index contributed by atoms with van der Waals surface area (Å²) >= 11 is 0. The maximum absolute atomic E-state index is 12.4. The fourth-order valence-electron chi connectivity index (χ4n) is 3.11. The van der Waals surface area contributed by atoms with E-state index in [1.54, 1.807) is 0 Å². The van der Waals surface area contributed by atoms with Crippen molar-refractivity contribution >= 4 is 6.09 Å². The van der Waals surface area contributed by atoms with Crippen molar-refractivity contribution < 1.29 is 9.53 Å². The van der Waals surface area contributed by atoms with Crippen molar-refractivity contribution in [1.82, 2.24) is 4.90 Å². The van der Waals surface area contributed by atoms with Crippen molar-refractivity contribution in [3.8, 4) is 0 Å². The van der Waals surface area contributed by atoms with Crippen LogP contribution in [0, 0.1) is 0 Å². The van der Waals surface area contributed by atoms with Crippen molar-refractivity contribution in [2.24, 2.45) is 0 Å². The van der Waals surface area contributed by atoms with Gasteiger partial charge in [0, 0.05) is 12.2 Å². The van der Waals surface area contributed by atoms with Gasteiger partial charge in [-0.1, -0.05) is 12.2 Å². The average molecular weight is 275 g/mol. The zero-order valence-corrected chi connectivity index (χ0v) is 12.5. The summed E-state index contributed by atoms with van der Waals surface area (Å²) in [7, 11) is 0. The second kappa shape index (κ2) is 5.63. The Morgan fingerprint density at radius 3 is 2.50 bits per heavy atom. The molecule has 3 heteroatoms. The Morgan fingerprint density at radius 2 is 1.85 bits per heavy atom. The number of likely N-dealkylation sites (tertiary alicyclic amines) is 1. The van der Waals surface area contributed by atoms with Crippen molar-refractivity contribution in [2.45, 2.75) is 70.3 Å². The Morgan fingerprint density at radius 1 is 1.15 bits per heavy atom. The van der Waals surface area contributed by atoms with Crippen LogP contribution in [0.2, 0.25) is 0 Å². The van der Waals surface area contributed by atoms with E-state index >= 15 is 0 Å². The van der Waals surface area contributed by atoms with Crippen LogP contribution in [0.25, 0.3) is 0 Å². The number of nitrogens with zero attached hydrogens (tertiary/aromatic N) is 1. The van der Waals surface area contributed by atoms with E-state index in [1.807, 2.05) is 11.8 Å². The molecule has 0 aromatic carbocycles. The molecule has 0 unspecified atom stereocenters. The van der Waals surface area contributed by atoms with Gasteiger partial charge in [-0.3, -0.25) is 4.90 Å². The summed E-state index contributed by atoms with van der Waals surface area (Å²) in [6, 6.07) is 0. The monoisotopic (exact) mass is 275 g/mol.